The maximum Gasteiger partial charge on any atom is 0.247 e. The van der Waals surface area contributed by atoms with Gasteiger partial charge < -0.3 is 10.3 Å². The molecule has 0 aromatic heterocycles. The van der Waals surface area contributed by atoms with E-state index < -0.39 is 0 Å². The highest BCUT2D eigenvalue weighted by atomic mass is 16.5. The van der Waals surface area contributed by atoms with Gasteiger partial charge in [0.1, 0.15) is 5.69 Å². The second-order valence-corrected chi connectivity index (χ2v) is 4.17. The molecule has 3 heteroatoms. The molecule has 1 unspecified atom stereocenters. The number of Topliss-reactive ketones (excluding diaryl/α,β-unsaturated/α-hetero) is 1. The van der Waals surface area contributed by atoms with Crippen LogP contribution in [0.5, 0.6) is 0 Å². The minimum Gasteiger partial charge on any atom is -0.623 e. The van der Waals surface area contributed by atoms with Crippen LogP contribution in [0.2, 0.25) is 0 Å². The first-order valence-corrected chi connectivity index (χ1v) is 5.72. The number of para-hydroxylation sites is 1. The Balaban J connectivity index is 1.99. The fourth-order valence-corrected chi connectivity index (χ4v) is 2.11. The van der Waals surface area contributed by atoms with Crippen LogP contribution in [0.25, 0.3) is 6.08 Å². The summed E-state index contributed by atoms with van der Waals surface area (Å²) in [7, 11) is 0. The van der Waals surface area contributed by atoms with Gasteiger partial charge >= 0.3 is 0 Å². The van der Waals surface area contributed by atoms with E-state index in [2.05, 4.69) is 0 Å². The Morgan fingerprint density at radius 2 is 1.56 bits per heavy atom. The van der Waals surface area contributed by atoms with E-state index >= 15 is 0 Å². The lowest BCUT2D eigenvalue weighted by Crippen LogP contribution is -3.00. The summed E-state index contributed by atoms with van der Waals surface area (Å²) in [6.45, 7) is 0. The smallest absolute Gasteiger partial charge is 0.247 e. The fourth-order valence-electron chi connectivity index (χ4n) is 2.11. The van der Waals surface area contributed by atoms with Crippen LogP contribution >= 0.6 is 0 Å². The van der Waals surface area contributed by atoms with Crippen molar-refractivity contribution in [2.24, 2.45) is 0 Å². The number of hydroxylamine groups is 1. The highest BCUT2D eigenvalue weighted by Gasteiger charge is 2.28. The molecule has 0 saturated carbocycles. The summed E-state index contributed by atoms with van der Waals surface area (Å²) in [6.07, 6.45) is 1.67. The number of rotatable bonds is 2. The Bertz CT molecular complexity index is 632. The average molecular weight is 237 g/mol. The number of nitrogens with one attached hydrogen (secondary N) is 1. The quantitative estimate of drug-likeness (QED) is 0.811. The SMILES string of the molecule is O=C1C([NH+]([O-])c2ccccc2)=Cc2ccccc21. The van der Waals surface area contributed by atoms with E-state index in [-0.39, 0.29) is 16.5 Å². The maximum absolute atomic E-state index is 12.2. The summed E-state index contributed by atoms with van der Waals surface area (Å²) in [5.74, 6) is -0.181. The lowest BCUT2D eigenvalue weighted by molar-refractivity contribution is -0.723. The van der Waals surface area contributed by atoms with Gasteiger partial charge in [0.25, 0.3) is 0 Å². The molecule has 1 aliphatic carbocycles. The van der Waals surface area contributed by atoms with Crippen LogP contribution in [-0.2, 0) is 0 Å². The highest BCUT2D eigenvalue weighted by Crippen LogP contribution is 2.22. The van der Waals surface area contributed by atoms with Gasteiger partial charge in [-0.2, -0.15) is 0 Å². The second-order valence-electron chi connectivity index (χ2n) is 4.17. The number of carbonyl (C=O) groups is 1. The van der Waals surface area contributed by atoms with Gasteiger partial charge in [-0.15, -0.1) is 0 Å². The van der Waals surface area contributed by atoms with Gasteiger partial charge in [-0.25, -0.2) is 0 Å². The third-order valence-electron chi connectivity index (χ3n) is 3.03. The number of benzene rings is 2. The molecule has 18 heavy (non-hydrogen) atoms. The lowest BCUT2D eigenvalue weighted by Gasteiger charge is -2.21. The molecule has 0 aliphatic heterocycles. The largest absolute Gasteiger partial charge is 0.623 e. The molecule has 2 aromatic rings. The summed E-state index contributed by atoms with van der Waals surface area (Å²) in [5.41, 5.74) is 2.23. The zero-order chi connectivity index (χ0) is 12.5. The van der Waals surface area contributed by atoms with Gasteiger partial charge in [-0.3, -0.25) is 4.79 Å². The zero-order valence-electron chi connectivity index (χ0n) is 9.59. The van der Waals surface area contributed by atoms with E-state index in [0.717, 1.165) is 5.56 Å². The average Bonchev–Trinajstić information content (AvgIpc) is 2.77. The van der Waals surface area contributed by atoms with Crippen LogP contribution in [0.4, 0.5) is 5.69 Å². The number of carbonyl (C=O) groups excluding carboxylic acids is 1. The van der Waals surface area contributed by atoms with Crippen molar-refractivity contribution in [1.29, 1.82) is 0 Å². The number of hydrogen-bond donors (Lipinski definition) is 1. The molecule has 3 rings (SSSR count). The van der Waals surface area contributed by atoms with Crippen LogP contribution in [0.15, 0.2) is 60.3 Å². The minimum absolute atomic E-state index is 0.181. The van der Waals surface area contributed by atoms with Crippen LogP contribution < -0.4 is 5.06 Å². The molecular formula is C15H11NO2. The Kier molecular flexibility index (Phi) is 2.55. The summed E-state index contributed by atoms with van der Waals surface area (Å²) in [4.78, 5) is 12.1. The van der Waals surface area contributed by atoms with Crippen molar-refractivity contribution < 1.29 is 9.86 Å². The Labute approximate surface area is 105 Å². The monoisotopic (exact) mass is 237 g/mol. The second kappa shape index (κ2) is 4.22. The summed E-state index contributed by atoms with van der Waals surface area (Å²) in [5, 5.41) is 12.0. The number of hydrogen-bond acceptors (Lipinski definition) is 2. The van der Waals surface area contributed by atoms with Crippen molar-refractivity contribution in [2.75, 3.05) is 0 Å². The number of fused-ring (bicyclic) bond motifs is 1. The molecule has 3 nitrogen and oxygen atoms in total. The molecule has 0 radical (unpaired) electrons. The van der Waals surface area contributed by atoms with Crippen LogP contribution in [0.3, 0.4) is 0 Å². The van der Waals surface area contributed by atoms with Gasteiger partial charge in [0.05, 0.1) is 0 Å². The molecule has 0 bridgehead atoms. The Hall–Kier alpha value is -2.23. The van der Waals surface area contributed by atoms with E-state index in [1.165, 1.54) is 0 Å². The summed E-state index contributed by atoms with van der Waals surface area (Å²) >= 11 is 0. The molecule has 0 saturated heterocycles. The van der Waals surface area contributed by atoms with Gasteiger partial charge in [-0.05, 0) is 17.7 Å². The van der Waals surface area contributed by atoms with Gasteiger partial charge in [0.2, 0.25) is 5.78 Å². The van der Waals surface area contributed by atoms with Crippen LogP contribution in [0, 0.1) is 5.21 Å². The highest BCUT2D eigenvalue weighted by molar-refractivity contribution is 6.16. The molecule has 1 atom stereocenters. The van der Waals surface area contributed by atoms with E-state index in [9.17, 15) is 10.0 Å². The number of quaternary nitrogens is 1. The van der Waals surface area contributed by atoms with Crippen LogP contribution in [-0.4, -0.2) is 5.78 Å². The summed E-state index contributed by atoms with van der Waals surface area (Å²) < 4.78 is 0. The van der Waals surface area contributed by atoms with Crippen LogP contribution in [0.1, 0.15) is 15.9 Å². The topological polar surface area (TPSA) is 44.6 Å². The standard InChI is InChI=1S/C15H11NO2/c17-15-13-9-5-4-6-11(13)10-14(15)16(18)12-7-2-1-3-8-12/h1-10,16H. The van der Waals surface area contributed by atoms with Crippen molar-refractivity contribution in [1.82, 2.24) is 0 Å². The van der Waals surface area contributed by atoms with Crippen molar-refractivity contribution in [3.05, 3.63) is 76.6 Å². The van der Waals surface area contributed by atoms with Crippen molar-refractivity contribution in [2.45, 2.75) is 0 Å². The molecule has 88 valence electrons. The zero-order valence-corrected chi connectivity index (χ0v) is 9.59. The van der Waals surface area contributed by atoms with E-state index in [1.807, 2.05) is 18.2 Å². The van der Waals surface area contributed by atoms with Crippen molar-refractivity contribution in [3.63, 3.8) is 0 Å². The maximum atomic E-state index is 12.2. The van der Waals surface area contributed by atoms with Gasteiger partial charge in [0, 0.05) is 11.6 Å². The predicted octanol–water partition coefficient (Wildman–Crippen LogP) is 1.94. The Morgan fingerprint density at radius 1 is 0.889 bits per heavy atom. The lowest BCUT2D eigenvalue weighted by atomic mass is 10.1. The fraction of sp³-hybridized carbons (Fsp3) is 0. The first kappa shape index (κ1) is 10.9. The molecule has 1 aliphatic rings. The first-order valence-electron chi connectivity index (χ1n) is 5.72. The minimum atomic E-state index is -0.211. The van der Waals surface area contributed by atoms with Crippen molar-refractivity contribution in [3.8, 4) is 0 Å². The third-order valence-corrected chi connectivity index (χ3v) is 3.03. The summed E-state index contributed by atoms with van der Waals surface area (Å²) in [6, 6.07) is 16.1. The molecule has 0 heterocycles. The number of ketones is 1. The van der Waals surface area contributed by atoms with E-state index in [1.54, 1.807) is 42.5 Å². The molecule has 1 N–H and O–H groups in total. The molecule has 0 spiro atoms. The predicted molar refractivity (Wildman–Crippen MR) is 69.2 cm³/mol. The molecule has 2 aromatic carbocycles. The van der Waals surface area contributed by atoms with Gasteiger partial charge in [0.15, 0.2) is 5.70 Å². The Morgan fingerprint density at radius 3 is 2.28 bits per heavy atom. The molecule has 0 amide bonds. The molecular weight excluding hydrogens is 226 g/mol. The van der Waals surface area contributed by atoms with E-state index in [4.69, 9.17) is 0 Å². The first-order chi connectivity index (χ1) is 8.77. The molecule has 0 fully saturated rings. The number of allylic oxidation sites excluding steroid dienone is 1. The normalized spacial score (nSPS) is 15.2. The van der Waals surface area contributed by atoms with E-state index in [0.29, 0.717) is 11.3 Å². The third kappa shape index (κ3) is 1.66. The van der Waals surface area contributed by atoms with Crippen molar-refractivity contribution >= 4 is 17.5 Å². The van der Waals surface area contributed by atoms with Gasteiger partial charge in [-0.1, -0.05) is 42.5 Å².